The summed E-state index contributed by atoms with van der Waals surface area (Å²) in [5, 5.41) is 1.10. The molecule has 0 radical (unpaired) electrons. The van der Waals surface area contributed by atoms with Crippen LogP contribution in [0.2, 0.25) is 0 Å². The number of aromatic amines is 1. The highest BCUT2D eigenvalue weighted by Gasteiger charge is 2.35. The van der Waals surface area contributed by atoms with Crippen molar-refractivity contribution in [1.29, 1.82) is 0 Å². The zero-order valence-corrected chi connectivity index (χ0v) is 21.8. The number of nitrogens with zero attached hydrogens (tertiary/aromatic N) is 2. The molecular weight excluding hydrogens is 488 g/mol. The quantitative estimate of drug-likeness (QED) is 0.469. The summed E-state index contributed by atoms with van der Waals surface area (Å²) in [7, 11) is 3.23. The summed E-state index contributed by atoms with van der Waals surface area (Å²) in [6.07, 6.45) is 4.17. The Hall–Kier alpha value is -3.92. The molecule has 2 aliphatic heterocycles. The number of hydrogen-bond donors (Lipinski definition) is 2. The minimum Gasteiger partial charge on any atom is -0.497 e. The molecule has 10 nitrogen and oxygen atoms in total. The maximum Gasteiger partial charge on any atom is 0.320 e. The van der Waals surface area contributed by atoms with E-state index in [1.54, 1.807) is 14.2 Å². The maximum atomic E-state index is 13.7. The van der Waals surface area contributed by atoms with Crippen LogP contribution in [0.1, 0.15) is 29.2 Å². The molecule has 1 fully saturated rings. The number of aryl methyl sites for hydroxylation is 1. The fourth-order valence-corrected chi connectivity index (χ4v) is 5.39. The van der Waals surface area contributed by atoms with E-state index in [2.05, 4.69) is 4.98 Å². The van der Waals surface area contributed by atoms with Crippen molar-refractivity contribution in [2.75, 3.05) is 53.7 Å². The Morgan fingerprint density at radius 1 is 1.08 bits per heavy atom. The number of methoxy groups -OCH3 is 2. The molecule has 2 aromatic carbocycles. The lowest BCUT2D eigenvalue weighted by molar-refractivity contribution is -0.119. The number of H-pyrrole nitrogens is 1. The summed E-state index contributed by atoms with van der Waals surface area (Å²) in [6.45, 7) is 2.58. The number of fused-ring (bicyclic) bond motifs is 2. The van der Waals surface area contributed by atoms with E-state index >= 15 is 0 Å². The third-order valence-corrected chi connectivity index (χ3v) is 7.34. The van der Waals surface area contributed by atoms with E-state index < -0.39 is 5.91 Å². The van der Waals surface area contributed by atoms with Crippen LogP contribution in [0.4, 0.5) is 4.79 Å². The van der Waals surface area contributed by atoms with E-state index in [0.29, 0.717) is 57.2 Å². The zero-order chi connectivity index (χ0) is 26.6. The third kappa shape index (κ3) is 5.22. The average Bonchev–Trinajstić information content (AvgIpc) is 3.36. The number of carbonyl (C=O) groups is 2. The van der Waals surface area contributed by atoms with Crippen molar-refractivity contribution >= 4 is 22.8 Å². The van der Waals surface area contributed by atoms with Gasteiger partial charge in [-0.2, -0.15) is 0 Å². The highest BCUT2D eigenvalue weighted by molar-refractivity contribution is 5.84. The number of urea groups is 1. The number of primary amides is 1. The highest BCUT2D eigenvalue weighted by Crippen LogP contribution is 2.41. The Morgan fingerprint density at radius 2 is 1.89 bits per heavy atom. The number of hydrogen-bond acceptors (Lipinski definition) is 6. The van der Waals surface area contributed by atoms with E-state index in [1.807, 2.05) is 46.3 Å². The van der Waals surface area contributed by atoms with Crippen LogP contribution in [0, 0.1) is 0 Å². The minimum atomic E-state index is -0.569. The second-order valence-electron chi connectivity index (χ2n) is 9.56. The molecule has 2 aliphatic rings. The lowest BCUT2D eigenvalue weighted by Gasteiger charge is -2.41. The summed E-state index contributed by atoms with van der Waals surface area (Å²) in [5.74, 6) is 1.21. The minimum absolute atomic E-state index is 0.0139. The summed E-state index contributed by atoms with van der Waals surface area (Å²) in [4.78, 5) is 32.3. The van der Waals surface area contributed by atoms with Gasteiger partial charge < -0.3 is 39.5 Å². The van der Waals surface area contributed by atoms with Gasteiger partial charge in [-0.15, -0.1) is 0 Å². The Bertz CT molecular complexity index is 1320. The topological polar surface area (TPSA) is 119 Å². The smallest absolute Gasteiger partial charge is 0.320 e. The van der Waals surface area contributed by atoms with Gasteiger partial charge in [0, 0.05) is 36.7 Å². The number of benzene rings is 2. The standard InChI is InChI=1S/C28H34N4O6/c1-35-20-4-5-23-21(14-20)19(16-30-23)3-6-24-22-15-26(38-17-27(29)33)25(36-2)13-18(22)7-8-32(24)28(34)31-9-11-37-12-10-31/h4-5,13-16,24,30H,3,6-12,17H2,1-2H3,(H2,29,33). The van der Waals surface area contributed by atoms with Crippen molar-refractivity contribution in [3.8, 4) is 17.2 Å². The number of carbonyl (C=O) groups excluding carboxylic acids is 2. The van der Waals surface area contributed by atoms with Gasteiger partial charge in [0.1, 0.15) is 5.75 Å². The first-order valence-corrected chi connectivity index (χ1v) is 12.9. The molecule has 3 N–H and O–H groups in total. The number of morpholine rings is 1. The molecule has 1 saturated heterocycles. The summed E-state index contributed by atoms with van der Waals surface area (Å²) < 4.78 is 22.1. The Balaban J connectivity index is 1.49. The normalized spacial score (nSPS) is 17.3. The predicted molar refractivity (Wildman–Crippen MR) is 142 cm³/mol. The van der Waals surface area contributed by atoms with Gasteiger partial charge in [0.25, 0.3) is 5.91 Å². The summed E-state index contributed by atoms with van der Waals surface area (Å²) in [6, 6.07) is 9.66. The fraction of sp³-hybridized carbons (Fsp3) is 0.429. The van der Waals surface area contributed by atoms with Gasteiger partial charge in [-0.05, 0) is 66.3 Å². The largest absolute Gasteiger partial charge is 0.497 e. The van der Waals surface area contributed by atoms with Crippen molar-refractivity contribution < 1.29 is 28.5 Å². The lowest BCUT2D eigenvalue weighted by Crippen LogP contribution is -2.51. The van der Waals surface area contributed by atoms with Crippen molar-refractivity contribution in [3.05, 3.63) is 53.2 Å². The van der Waals surface area contributed by atoms with Crippen molar-refractivity contribution in [2.45, 2.75) is 25.3 Å². The van der Waals surface area contributed by atoms with Crippen LogP contribution in [0.25, 0.3) is 10.9 Å². The first kappa shape index (κ1) is 25.7. The molecule has 0 aliphatic carbocycles. The van der Waals surface area contributed by atoms with Gasteiger partial charge >= 0.3 is 6.03 Å². The van der Waals surface area contributed by atoms with E-state index in [4.69, 9.17) is 24.7 Å². The number of aromatic nitrogens is 1. The van der Waals surface area contributed by atoms with Crippen LogP contribution in [-0.4, -0.2) is 80.4 Å². The molecule has 5 rings (SSSR count). The molecule has 3 amide bonds. The van der Waals surface area contributed by atoms with Crippen LogP contribution in [-0.2, 0) is 22.4 Å². The highest BCUT2D eigenvalue weighted by atomic mass is 16.5. The lowest BCUT2D eigenvalue weighted by atomic mass is 9.88. The molecule has 1 atom stereocenters. The molecule has 0 bridgehead atoms. The van der Waals surface area contributed by atoms with Gasteiger partial charge in [-0.3, -0.25) is 4.79 Å². The first-order chi connectivity index (χ1) is 18.5. The second-order valence-corrected chi connectivity index (χ2v) is 9.56. The van der Waals surface area contributed by atoms with Gasteiger partial charge in [0.2, 0.25) is 0 Å². The first-order valence-electron chi connectivity index (χ1n) is 12.9. The molecule has 38 heavy (non-hydrogen) atoms. The van der Waals surface area contributed by atoms with Crippen LogP contribution >= 0.6 is 0 Å². The van der Waals surface area contributed by atoms with Gasteiger partial charge in [-0.1, -0.05) is 0 Å². The molecule has 0 spiro atoms. The van der Waals surface area contributed by atoms with E-state index in [0.717, 1.165) is 39.8 Å². The van der Waals surface area contributed by atoms with E-state index in [-0.39, 0.29) is 18.7 Å². The van der Waals surface area contributed by atoms with Crippen molar-refractivity contribution in [3.63, 3.8) is 0 Å². The molecule has 1 unspecified atom stereocenters. The molecular formula is C28H34N4O6. The fourth-order valence-electron chi connectivity index (χ4n) is 5.39. The second kappa shape index (κ2) is 11.2. The average molecular weight is 523 g/mol. The van der Waals surface area contributed by atoms with Gasteiger partial charge in [-0.25, -0.2) is 4.79 Å². The number of ether oxygens (including phenoxy) is 4. The van der Waals surface area contributed by atoms with Crippen molar-refractivity contribution in [1.82, 2.24) is 14.8 Å². The maximum absolute atomic E-state index is 13.7. The molecule has 0 saturated carbocycles. The molecule has 10 heteroatoms. The molecule has 3 heterocycles. The number of nitrogens with one attached hydrogen (secondary N) is 1. The SMILES string of the molecule is COc1ccc2[nH]cc(CCC3c4cc(OCC(N)=O)c(OC)cc4CCN3C(=O)N3CCOCC3)c2c1. The Kier molecular flexibility index (Phi) is 7.59. The van der Waals surface area contributed by atoms with Crippen LogP contribution in [0.15, 0.2) is 36.5 Å². The third-order valence-electron chi connectivity index (χ3n) is 7.34. The van der Waals surface area contributed by atoms with Crippen LogP contribution in [0.5, 0.6) is 17.2 Å². The monoisotopic (exact) mass is 522 g/mol. The Labute approximate surface area is 221 Å². The van der Waals surface area contributed by atoms with E-state index in [1.165, 1.54) is 0 Å². The Morgan fingerprint density at radius 3 is 2.63 bits per heavy atom. The predicted octanol–water partition coefficient (Wildman–Crippen LogP) is 3.03. The van der Waals surface area contributed by atoms with E-state index in [9.17, 15) is 9.59 Å². The number of amides is 3. The molecule has 1 aromatic heterocycles. The summed E-state index contributed by atoms with van der Waals surface area (Å²) in [5.41, 5.74) is 9.62. The number of nitrogens with two attached hydrogens (primary N) is 1. The van der Waals surface area contributed by atoms with Crippen LogP contribution in [0.3, 0.4) is 0 Å². The van der Waals surface area contributed by atoms with Crippen LogP contribution < -0.4 is 19.9 Å². The molecule has 3 aromatic rings. The zero-order valence-electron chi connectivity index (χ0n) is 21.8. The van der Waals surface area contributed by atoms with Gasteiger partial charge in [0.05, 0.1) is 33.5 Å². The van der Waals surface area contributed by atoms with Crippen molar-refractivity contribution in [2.24, 2.45) is 5.73 Å². The molecule has 202 valence electrons. The van der Waals surface area contributed by atoms with Gasteiger partial charge in [0.15, 0.2) is 18.1 Å². The number of rotatable bonds is 8. The summed E-state index contributed by atoms with van der Waals surface area (Å²) >= 11 is 0.